The number of likely N-dealkylation sites (N-methyl/N-ethyl adjacent to an activating group) is 1. The summed E-state index contributed by atoms with van der Waals surface area (Å²) >= 11 is 0.388. The summed E-state index contributed by atoms with van der Waals surface area (Å²) in [5, 5.41) is 10.7. The number of ketones is 1. The molecule has 1 aliphatic heterocycles. The SMILES string of the molecule is CCC(=O)O[C@H]1C[C@@]2(C)[C@@H](C[C@@H](C)[C@]2(OC(=O)CC)C(=O)SCF)[C@@H]2C[C@H](F)C3=CC(=O)C=C[C@]3(C)[C@@]12F.C[N+]1(C)CCC(OC(=O)C(O)(c2ccccc2)C2CCCC2)C1. The van der Waals surface area contributed by atoms with Crippen LogP contribution in [-0.4, -0.2) is 101 Å². The van der Waals surface area contributed by atoms with Gasteiger partial charge in [0.05, 0.1) is 20.6 Å². The molecule has 1 N–H and O–H groups in total. The van der Waals surface area contributed by atoms with Crippen molar-refractivity contribution < 1.29 is 60.9 Å². The van der Waals surface area contributed by atoms with Gasteiger partial charge in [0.25, 0.3) is 0 Å². The van der Waals surface area contributed by atoms with Gasteiger partial charge < -0.3 is 23.8 Å². The summed E-state index contributed by atoms with van der Waals surface area (Å²) in [6.45, 7) is 9.87. The number of thioether (sulfide) groups is 1. The molecule has 1 heterocycles. The second-order valence-corrected chi connectivity index (χ2v) is 20.1. The van der Waals surface area contributed by atoms with Crippen molar-refractivity contribution in [1.82, 2.24) is 0 Å². The highest BCUT2D eigenvalue weighted by Crippen LogP contribution is 2.72. The molecule has 2 unspecified atom stereocenters. The van der Waals surface area contributed by atoms with E-state index in [2.05, 4.69) is 14.1 Å². The normalized spacial score (nSPS) is 37.2. The molecule has 0 aromatic heterocycles. The third-order valence-electron chi connectivity index (χ3n) is 15.3. The first-order chi connectivity index (χ1) is 28.7. The number of allylic oxidation sites excluding steroid dienone is 4. The van der Waals surface area contributed by atoms with Gasteiger partial charge in [-0.05, 0) is 80.0 Å². The average molecular weight is 875 g/mol. The molecule has 7 rings (SSSR count). The molecular formula is C47H63F3NO9S+. The fourth-order valence-corrected chi connectivity index (χ4v) is 12.9. The number of esters is 3. The summed E-state index contributed by atoms with van der Waals surface area (Å²) in [6, 6.07) is 8.29. The number of carbonyl (C=O) groups excluding carboxylic acids is 5. The zero-order chi connectivity index (χ0) is 44.8. The van der Waals surface area contributed by atoms with Crippen LogP contribution < -0.4 is 0 Å². The quantitative estimate of drug-likeness (QED) is 0.141. The van der Waals surface area contributed by atoms with Crippen LogP contribution in [0.5, 0.6) is 0 Å². The first-order valence-corrected chi connectivity index (χ1v) is 22.9. The van der Waals surface area contributed by atoms with Gasteiger partial charge in [-0.25, -0.2) is 18.0 Å². The molecule has 0 radical (unpaired) electrons. The van der Waals surface area contributed by atoms with Crippen LogP contribution in [0, 0.1) is 34.5 Å². The fraction of sp³-hybridized carbons (Fsp3) is 0.681. The highest BCUT2D eigenvalue weighted by molar-refractivity contribution is 8.13. The third-order valence-corrected chi connectivity index (χ3v) is 15.9. The number of rotatable bonds is 10. The molecular weight excluding hydrogens is 812 g/mol. The highest BCUT2D eigenvalue weighted by Gasteiger charge is 2.79. The van der Waals surface area contributed by atoms with Crippen molar-refractivity contribution in [2.24, 2.45) is 34.5 Å². The molecule has 5 aliphatic carbocycles. The Morgan fingerprint density at radius 2 is 1.62 bits per heavy atom. The Morgan fingerprint density at radius 3 is 2.21 bits per heavy atom. The van der Waals surface area contributed by atoms with Crippen molar-refractivity contribution in [3.63, 3.8) is 0 Å². The molecule has 61 heavy (non-hydrogen) atoms. The first-order valence-electron chi connectivity index (χ1n) is 21.9. The van der Waals surface area contributed by atoms with E-state index in [0.29, 0.717) is 17.3 Å². The van der Waals surface area contributed by atoms with Gasteiger partial charge in [0.15, 0.2) is 28.8 Å². The molecule has 1 saturated heterocycles. The van der Waals surface area contributed by atoms with Gasteiger partial charge in [0.2, 0.25) is 5.12 Å². The number of carbonyl (C=O) groups is 5. The lowest BCUT2D eigenvalue weighted by Gasteiger charge is -2.63. The topological polar surface area (TPSA) is 133 Å². The minimum absolute atomic E-state index is 0.00341. The van der Waals surface area contributed by atoms with E-state index < -0.39 is 92.5 Å². The molecule has 0 amide bonds. The summed E-state index contributed by atoms with van der Waals surface area (Å²) < 4.78 is 65.6. The van der Waals surface area contributed by atoms with Gasteiger partial charge in [0, 0.05) is 47.8 Å². The van der Waals surface area contributed by atoms with Gasteiger partial charge in [-0.2, -0.15) is 0 Å². The van der Waals surface area contributed by atoms with Crippen molar-refractivity contribution in [1.29, 1.82) is 0 Å². The van der Waals surface area contributed by atoms with Gasteiger partial charge in [-0.1, -0.05) is 76.9 Å². The van der Waals surface area contributed by atoms with E-state index >= 15 is 8.78 Å². The van der Waals surface area contributed by atoms with Crippen molar-refractivity contribution in [2.75, 3.05) is 33.2 Å². The lowest BCUT2D eigenvalue weighted by atomic mass is 9.44. The van der Waals surface area contributed by atoms with Crippen molar-refractivity contribution in [2.45, 2.75) is 134 Å². The molecule has 0 bridgehead atoms. The molecule has 1 aromatic carbocycles. The Morgan fingerprint density at radius 1 is 0.967 bits per heavy atom. The molecule has 11 atom stereocenters. The predicted octanol–water partition coefficient (Wildman–Crippen LogP) is 7.85. The Hall–Kier alpha value is -3.49. The Labute approximate surface area is 362 Å². The van der Waals surface area contributed by atoms with Crippen LogP contribution >= 0.6 is 11.8 Å². The lowest BCUT2D eigenvalue weighted by Crippen LogP contribution is -2.71. The summed E-state index contributed by atoms with van der Waals surface area (Å²) in [5.41, 5.74) is -7.82. The summed E-state index contributed by atoms with van der Waals surface area (Å²) in [4.78, 5) is 64.0. The van der Waals surface area contributed by atoms with Gasteiger partial charge in [-0.15, -0.1) is 0 Å². The summed E-state index contributed by atoms with van der Waals surface area (Å²) in [5.74, 6) is -4.61. The van der Waals surface area contributed by atoms with E-state index in [0.717, 1.165) is 55.8 Å². The van der Waals surface area contributed by atoms with E-state index in [1.807, 2.05) is 30.3 Å². The highest BCUT2D eigenvalue weighted by atomic mass is 32.2. The maximum Gasteiger partial charge on any atom is 0.343 e. The number of nitrogens with zero attached hydrogens (tertiary/aromatic N) is 1. The van der Waals surface area contributed by atoms with Crippen LogP contribution in [0.2, 0.25) is 0 Å². The lowest BCUT2D eigenvalue weighted by molar-refractivity contribution is -0.879. The van der Waals surface area contributed by atoms with E-state index in [-0.39, 0.29) is 49.7 Å². The van der Waals surface area contributed by atoms with Crippen LogP contribution in [0.15, 0.2) is 54.1 Å². The minimum Gasteiger partial charge on any atom is -0.459 e. The molecule has 0 spiro atoms. The Kier molecular flexibility index (Phi) is 13.5. The number of alkyl halides is 3. The molecule has 4 saturated carbocycles. The number of likely N-dealkylation sites (tertiary alicyclic amines) is 1. The number of halogens is 3. The number of quaternary nitrogens is 1. The molecule has 10 nitrogen and oxygen atoms in total. The predicted molar refractivity (Wildman–Crippen MR) is 224 cm³/mol. The smallest absolute Gasteiger partial charge is 0.343 e. The molecule has 6 aliphatic rings. The number of benzene rings is 1. The van der Waals surface area contributed by atoms with Crippen LogP contribution in [0.25, 0.3) is 0 Å². The van der Waals surface area contributed by atoms with E-state index in [1.165, 1.54) is 19.1 Å². The number of aliphatic hydroxyl groups is 1. The number of ether oxygens (including phenoxy) is 3. The first kappa shape index (κ1) is 47.0. The monoisotopic (exact) mass is 874 g/mol. The van der Waals surface area contributed by atoms with Gasteiger partial charge >= 0.3 is 17.9 Å². The van der Waals surface area contributed by atoms with Crippen LogP contribution in [0.3, 0.4) is 0 Å². The summed E-state index contributed by atoms with van der Waals surface area (Å²) in [7, 11) is 4.29. The maximum atomic E-state index is 18.0. The van der Waals surface area contributed by atoms with Gasteiger partial charge in [-0.3, -0.25) is 19.2 Å². The van der Waals surface area contributed by atoms with Gasteiger partial charge in [0.1, 0.15) is 24.8 Å². The van der Waals surface area contributed by atoms with Crippen molar-refractivity contribution >= 4 is 40.6 Å². The van der Waals surface area contributed by atoms with Crippen molar-refractivity contribution in [3.05, 3.63) is 59.7 Å². The second-order valence-electron chi connectivity index (χ2n) is 19.2. The van der Waals surface area contributed by atoms with E-state index in [4.69, 9.17) is 14.2 Å². The van der Waals surface area contributed by atoms with E-state index in [9.17, 15) is 33.5 Å². The Bertz CT molecular complexity index is 1920. The van der Waals surface area contributed by atoms with E-state index in [1.54, 1.807) is 27.7 Å². The minimum atomic E-state index is -2.31. The zero-order valence-electron chi connectivity index (χ0n) is 36.6. The number of hydrogen-bond acceptors (Lipinski definition) is 10. The molecule has 1 aromatic rings. The molecule has 14 heteroatoms. The Balaban J connectivity index is 0.000000230. The van der Waals surface area contributed by atoms with Crippen LogP contribution in [-0.2, 0) is 43.8 Å². The third kappa shape index (κ3) is 7.93. The van der Waals surface area contributed by atoms with Crippen molar-refractivity contribution in [3.8, 4) is 0 Å². The largest absolute Gasteiger partial charge is 0.459 e. The number of fused-ring (bicyclic) bond motifs is 5. The average Bonchev–Trinajstić information content (AvgIpc) is 3.94. The molecule has 336 valence electrons. The molecule has 5 fully saturated rings. The van der Waals surface area contributed by atoms with Crippen LogP contribution in [0.1, 0.15) is 104 Å². The second kappa shape index (κ2) is 17.6. The number of hydrogen-bond donors (Lipinski definition) is 1. The zero-order valence-corrected chi connectivity index (χ0v) is 37.4. The fourth-order valence-electron chi connectivity index (χ4n) is 12.1. The van der Waals surface area contributed by atoms with Crippen LogP contribution in [0.4, 0.5) is 13.2 Å². The maximum absolute atomic E-state index is 18.0. The standard InChI is InChI=1S/C28H35F3O6S.C19H28NO3/c1-6-22(33)36-21-13-26(5)17(10-15(3)28(26,24(35)38-14-29)37-23(34)7-2)18-12-20(30)19-11-16(32)8-9-25(19,4)27(18,21)31;1-20(2)13-12-17(14-20)23-18(21)19(22,16-10-6-7-11-16)15-8-4-3-5-9-15/h8-9,11,15,17-18,20-21H,6-7,10,12-14H2,1-5H3;3-5,8-9,16-17,22H,6-7,10-14H2,1-2H3/q;+1/t15-,17+,18+,20+,21+,25+,26+,27+,28+;/m1./s1. The summed E-state index contributed by atoms with van der Waals surface area (Å²) in [6.07, 6.45) is 4.95.